The van der Waals surface area contributed by atoms with E-state index >= 15 is 0 Å². The van der Waals surface area contributed by atoms with E-state index in [2.05, 4.69) is 14.9 Å². The van der Waals surface area contributed by atoms with Gasteiger partial charge >= 0.3 is 5.97 Å². The first-order chi connectivity index (χ1) is 15.4. The number of H-pyrrole nitrogens is 1. The Balaban J connectivity index is 1.39. The van der Waals surface area contributed by atoms with Crippen LogP contribution in [0.5, 0.6) is 0 Å². The van der Waals surface area contributed by atoms with Crippen molar-refractivity contribution in [1.82, 2.24) is 19.8 Å². The number of carbonyl (C=O) groups excluding carboxylic acids is 2. The van der Waals surface area contributed by atoms with Crippen LogP contribution in [0.3, 0.4) is 0 Å². The number of amides is 1. The monoisotopic (exact) mass is 434 g/mol. The zero-order valence-electron chi connectivity index (χ0n) is 18.3. The Bertz CT molecular complexity index is 1190. The number of carbonyl (C=O) groups is 2. The van der Waals surface area contributed by atoms with Gasteiger partial charge in [0.05, 0.1) is 36.5 Å². The molecule has 0 unspecified atom stereocenters. The van der Waals surface area contributed by atoms with Gasteiger partial charge < -0.3 is 14.6 Å². The van der Waals surface area contributed by atoms with Gasteiger partial charge in [-0.3, -0.25) is 14.5 Å². The summed E-state index contributed by atoms with van der Waals surface area (Å²) in [4.78, 5) is 48.3. The van der Waals surface area contributed by atoms with E-state index in [-0.39, 0.29) is 11.5 Å². The summed E-state index contributed by atoms with van der Waals surface area (Å²) >= 11 is 0. The van der Waals surface area contributed by atoms with Gasteiger partial charge in [-0.2, -0.15) is 0 Å². The van der Waals surface area contributed by atoms with E-state index in [1.807, 2.05) is 36.1 Å². The predicted molar refractivity (Wildman–Crippen MR) is 120 cm³/mol. The quantitative estimate of drug-likeness (QED) is 0.617. The maximum Gasteiger partial charge on any atom is 0.337 e. The van der Waals surface area contributed by atoms with Crippen molar-refractivity contribution in [2.45, 2.75) is 19.9 Å². The van der Waals surface area contributed by atoms with Gasteiger partial charge in [-0.15, -0.1) is 0 Å². The molecule has 1 N–H and O–H groups in total. The fourth-order valence-electron chi connectivity index (χ4n) is 3.87. The fraction of sp³-hybridized carbons (Fsp3) is 0.333. The minimum absolute atomic E-state index is 0.126. The van der Waals surface area contributed by atoms with Crippen LogP contribution >= 0.6 is 0 Å². The molecule has 1 amide bonds. The average molecular weight is 434 g/mol. The van der Waals surface area contributed by atoms with Crippen molar-refractivity contribution in [2.75, 3.05) is 33.3 Å². The van der Waals surface area contributed by atoms with Crippen LogP contribution in [0.15, 0.2) is 47.3 Å². The molecule has 1 saturated heterocycles. The molecule has 1 fully saturated rings. The molecule has 1 aliphatic heterocycles. The third kappa shape index (κ3) is 4.86. The Labute approximate surface area is 185 Å². The second-order valence-electron chi connectivity index (χ2n) is 8.06. The van der Waals surface area contributed by atoms with Gasteiger partial charge in [-0.1, -0.05) is 29.8 Å². The molecule has 0 saturated carbocycles. The molecular weight excluding hydrogens is 408 g/mol. The number of nitrogens with one attached hydrogen (secondary N) is 1. The van der Waals surface area contributed by atoms with Crippen molar-refractivity contribution in [3.05, 3.63) is 75.3 Å². The van der Waals surface area contributed by atoms with Gasteiger partial charge in [-0.25, -0.2) is 9.78 Å². The minimum atomic E-state index is -0.470. The number of piperazine rings is 1. The molecule has 0 bridgehead atoms. The highest BCUT2D eigenvalue weighted by Crippen LogP contribution is 2.14. The summed E-state index contributed by atoms with van der Waals surface area (Å²) in [7, 11) is 1.31. The number of methoxy groups -OCH3 is 1. The number of ether oxygens (including phenoxy) is 1. The molecule has 2 heterocycles. The largest absolute Gasteiger partial charge is 0.465 e. The van der Waals surface area contributed by atoms with E-state index in [0.717, 1.165) is 5.56 Å². The number of aryl methyl sites for hydroxylation is 1. The van der Waals surface area contributed by atoms with Gasteiger partial charge in [0, 0.05) is 26.2 Å². The number of esters is 1. The summed E-state index contributed by atoms with van der Waals surface area (Å²) in [6, 6.07) is 12.7. The first-order valence-electron chi connectivity index (χ1n) is 10.6. The van der Waals surface area contributed by atoms with Gasteiger partial charge in [0.15, 0.2) is 0 Å². The van der Waals surface area contributed by atoms with Crippen molar-refractivity contribution in [3.8, 4) is 0 Å². The zero-order valence-corrected chi connectivity index (χ0v) is 18.3. The molecule has 2 aromatic carbocycles. The van der Waals surface area contributed by atoms with E-state index in [9.17, 15) is 14.4 Å². The summed E-state index contributed by atoms with van der Waals surface area (Å²) in [5.74, 6) is 0.187. The minimum Gasteiger partial charge on any atom is -0.465 e. The fourth-order valence-corrected chi connectivity index (χ4v) is 3.87. The van der Waals surface area contributed by atoms with Crippen molar-refractivity contribution >= 4 is 22.8 Å². The summed E-state index contributed by atoms with van der Waals surface area (Å²) in [5.41, 5.74) is 2.76. The van der Waals surface area contributed by atoms with Crippen LogP contribution < -0.4 is 5.56 Å². The maximum atomic E-state index is 12.6. The predicted octanol–water partition coefficient (Wildman–Crippen LogP) is 1.91. The first-order valence-corrected chi connectivity index (χ1v) is 10.6. The van der Waals surface area contributed by atoms with Crippen LogP contribution in [0.4, 0.5) is 0 Å². The van der Waals surface area contributed by atoms with Gasteiger partial charge in [0.2, 0.25) is 5.91 Å². The molecule has 8 heteroatoms. The SMILES string of the molecule is COC(=O)c1ccc2c(=O)[nH]c(CN3CCN(C(=O)Cc4ccc(C)cc4)CC3)nc2c1. The standard InChI is InChI=1S/C24H26N4O4/c1-16-3-5-17(6-4-16)13-22(29)28-11-9-27(10-12-28)15-21-25-20-14-18(24(31)32-2)7-8-19(20)23(30)26-21/h3-8,14H,9-13,15H2,1-2H3,(H,25,26,30). The maximum absolute atomic E-state index is 12.6. The summed E-state index contributed by atoms with van der Waals surface area (Å²) in [6.07, 6.45) is 0.405. The average Bonchev–Trinajstić information content (AvgIpc) is 2.80. The number of fused-ring (bicyclic) bond motifs is 1. The number of hydrogen-bond donors (Lipinski definition) is 1. The molecule has 166 valence electrons. The Morgan fingerprint density at radius 1 is 1.06 bits per heavy atom. The Hall–Kier alpha value is -3.52. The molecule has 32 heavy (non-hydrogen) atoms. The normalized spacial score (nSPS) is 14.5. The third-order valence-corrected chi connectivity index (χ3v) is 5.75. The van der Waals surface area contributed by atoms with Gasteiger partial charge in [0.1, 0.15) is 5.82 Å². The lowest BCUT2D eigenvalue weighted by Gasteiger charge is -2.34. The van der Waals surface area contributed by atoms with E-state index in [1.54, 1.807) is 18.2 Å². The number of rotatable bonds is 5. The summed E-state index contributed by atoms with van der Waals surface area (Å²) in [6.45, 7) is 5.16. The second kappa shape index (κ2) is 9.32. The molecular formula is C24H26N4O4. The number of benzene rings is 2. The van der Waals surface area contributed by atoms with Crippen molar-refractivity contribution in [2.24, 2.45) is 0 Å². The molecule has 0 spiro atoms. The van der Waals surface area contributed by atoms with Gasteiger partial charge in [-0.05, 0) is 30.7 Å². The lowest BCUT2D eigenvalue weighted by atomic mass is 10.1. The molecule has 1 aromatic heterocycles. The lowest BCUT2D eigenvalue weighted by molar-refractivity contribution is -0.132. The van der Waals surface area contributed by atoms with Crippen LogP contribution in [0.1, 0.15) is 27.3 Å². The smallest absolute Gasteiger partial charge is 0.337 e. The highest BCUT2D eigenvalue weighted by Gasteiger charge is 2.22. The molecule has 0 aliphatic carbocycles. The summed E-state index contributed by atoms with van der Waals surface area (Å²) in [5, 5.41) is 0.424. The van der Waals surface area contributed by atoms with Gasteiger partial charge in [0.25, 0.3) is 5.56 Å². The van der Waals surface area contributed by atoms with E-state index in [0.29, 0.717) is 61.4 Å². The topological polar surface area (TPSA) is 95.6 Å². The summed E-state index contributed by atoms with van der Waals surface area (Å²) < 4.78 is 4.75. The molecule has 0 atom stereocenters. The highest BCUT2D eigenvalue weighted by atomic mass is 16.5. The number of hydrogen-bond acceptors (Lipinski definition) is 6. The Kier molecular flexibility index (Phi) is 6.32. The second-order valence-corrected chi connectivity index (χ2v) is 8.06. The van der Waals surface area contributed by atoms with E-state index < -0.39 is 5.97 Å². The molecule has 1 aliphatic rings. The lowest BCUT2D eigenvalue weighted by Crippen LogP contribution is -2.49. The van der Waals surface area contributed by atoms with E-state index in [1.165, 1.54) is 12.7 Å². The van der Waals surface area contributed by atoms with E-state index in [4.69, 9.17) is 4.74 Å². The molecule has 4 rings (SSSR count). The van der Waals surface area contributed by atoms with Crippen molar-refractivity contribution in [1.29, 1.82) is 0 Å². The van der Waals surface area contributed by atoms with Crippen LogP contribution in [0.25, 0.3) is 10.9 Å². The Morgan fingerprint density at radius 3 is 2.47 bits per heavy atom. The highest BCUT2D eigenvalue weighted by molar-refractivity contribution is 5.93. The van der Waals surface area contributed by atoms with Crippen LogP contribution in [-0.2, 0) is 22.5 Å². The first kappa shape index (κ1) is 21.7. The van der Waals surface area contributed by atoms with Crippen LogP contribution in [0.2, 0.25) is 0 Å². The zero-order chi connectivity index (χ0) is 22.7. The molecule has 8 nitrogen and oxygen atoms in total. The van der Waals surface area contributed by atoms with Crippen LogP contribution in [-0.4, -0.2) is 64.9 Å². The Morgan fingerprint density at radius 2 is 1.78 bits per heavy atom. The number of aromatic nitrogens is 2. The molecule has 0 radical (unpaired) electrons. The van der Waals surface area contributed by atoms with Crippen LogP contribution in [0, 0.1) is 6.92 Å². The molecule has 3 aromatic rings. The van der Waals surface area contributed by atoms with Crippen molar-refractivity contribution < 1.29 is 14.3 Å². The third-order valence-electron chi connectivity index (χ3n) is 5.75. The van der Waals surface area contributed by atoms with Crippen molar-refractivity contribution in [3.63, 3.8) is 0 Å². The number of nitrogens with zero attached hydrogens (tertiary/aromatic N) is 3. The number of aromatic amines is 1.